The fraction of sp³-hybridized carbons (Fsp3) is 0.250. The van der Waals surface area contributed by atoms with Crippen LogP contribution in [0.4, 0.5) is 0 Å². The third-order valence-corrected chi connectivity index (χ3v) is 2.05. The van der Waals surface area contributed by atoms with Gasteiger partial charge in [0.15, 0.2) is 0 Å². The number of aromatic nitrogens is 1. The second-order valence-electron chi connectivity index (χ2n) is 2.54. The molecule has 2 heterocycles. The third-order valence-electron chi connectivity index (χ3n) is 1.76. The van der Waals surface area contributed by atoms with Crippen molar-refractivity contribution < 1.29 is 4.74 Å². The molecule has 0 atom stereocenters. The van der Waals surface area contributed by atoms with E-state index < -0.39 is 0 Å². The van der Waals surface area contributed by atoms with Crippen molar-refractivity contribution in [1.82, 2.24) is 4.98 Å². The number of nitriles is 1. The largest absolute Gasteiger partial charge is 0.370 e. The zero-order valence-electron chi connectivity index (χ0n) is 6.17. The van der Waals surface area contributed by atoms with E-state index in [-0.39, 0.29) is 5.15 Å². The summed E-state index contributed by atoms with van der Waals surface area (Å²) in [7, 11) is 0. The molecule has 0 bridgehead atoms. The Hall–Kier alpha value is -1.11. The highest BCUT2D eigenvalue weighted by molar-refractivity contribution is 6.30. The second-order valence-corrected chi connectivity index (χ2v) is 2.90. The molecule has 0 aromatic carbocycles. The third kappa shape index (κ3) is 1.06. The molecule has 1 aromatic heterocycles. The van der Waals surface area contributed by atoms with E-state index in [4.69, 9.17) is 21.6 Å². The Labute approximate surface area is 74.5 Å². The van der Waals surface area contributed by atoms with Gasteiger partial charge < -0.3 is 4.74 Å². The molecule has 0 fully saturated rings. The van der Waals surface area contributed by atoms with Crippen molar-refractivity contribution in [3.8, 4) is 6.07 Å². The molecule has 12 heavy (non-hydrogen) atoms. The number of halogens is 1. The summed E-state index contributed by atoms with van der Waals surface area (Å²) in [6, 6.07) is 3.71. The molecule has 4 heteroatoms. The maximum absolute atomic E-state index is 8.63. The first-order chi connectivity index (χ1) is 5.81. The number of rotatable bonds is 0. The first kappa shape index (κ1) is 7.53. The van der Waals surface area contributed by atoms with Crippen LogP contribution in [-0.4, -0.2) is 4.98 Å². The fourth-order valence-corrected chi connectivity index (χ4v) is 1.35. The van der Waals surface area contributed by atoms with Crippen molar-refractivity contribution in [2.24, 2.45) is 0 Å². The average Bonchev–Trinajstić information content (AvgIpc) is 2.49. The van der Waals surface area contributed by atoms with E-state index in [1.54, 1.807) is 6.07 Å². The number of nitrogens with zero attached hydrogens (tertiary/aromatic N) is 2. The van der Waals surface area contributed by atoms with E-state index in [1.165, 1.54) is 0 Å². The first-order valence-corrected chi connectivity index (χ1v) is 3.85. The molecular weight excluding hydrogens is 176 g/mol. The zero-order valence-corrected chi connectivity index (χ0v) is 6.93. The summed E-state index contributed by atoms with van der Waals surface area (Å²) in [5.41, 5.74) is 2.23. The standard InChI is InChI=1S/C8H5ClN2O/c9-8-5(2-10)1-6-3-12-4-7(6)11-8/h1H,3-4H2. The lowest BCUT2D eigenvalue weighted by Gasteiger charge is -1.97. The van der Waals surface area contributed by atoms with Crippen molar-refractivity contribution in [2.75, 3.05) is 0 Å². The molecular formula is C8H5ClN2O. The summed E-state index contributed by atoms with van der Waals surface area (Å²) in [5, 5.41) is 8.90. The normalized spacial score (nSPS) is 14.0. The van der Waals surface area contributed by atoms with Crippen LogP contribution in [0.1, 0.15) is 16.8 Å². The summed E-state index contributed by atoms with van der Waals surface area (Å²) >= 11 is 5.72. The van der Waals surface area contributed by atoms with Gasteiger partial charge in [-0.1, -0.05) is 11.6 Å². The van der Waals surface area contributed by atoms with Crippen LogP contribution < -0.4 is 0 Å². The van der Waals surface area contributed by atoms with E-state index in [1.807, 2.05) is 6.07 Å². The molecule has 1 aliphatic rings. The summed E-state index contributed by atoms with van der Waals surface area (Å²) in [4.78, 5) is 4.04. The Morgan fingerprint density at radius 3 is 3.17 bits per heavy atom. The van der Waals surface area contributed by atoms with E-state index in [9.17, 15) is 0 Å². The van der Waals surface area contributed by atoms with Crippen LogP contribution in [0.15, 0.2) is 6.07 Å². The van der Waals surface area contributed by atoms with Gasteiger partial charge in [0.1, 0.15) is 11.2 Å². The first-order valence-electron chi connectivity index (χ1n) is 3.47. The number of pyridine rings is 1. The summed E-state index contributed by atoms with van der Waals surface area (Å²) in [6.45, 7) is 1.04. The predicted molar refractivity (Wildman–Crippen MR) is 42.5 cm³/mol. The van der Waals surface area contributed by atoms with Crippen molar-refractivity contribution in [2.45, 2.75) is 13.2 Å². The molecule has 60 valence electrons. The zero-order chi connectivity index (χ0) is 8.55. The van der Waals surface area contributed by atoms with Gasteiger partial charge in [-0.2, -0.15) is 5.26 Å². The van der Waals surface area contributed by atoms with E-state index >= 15 is 0 Å². The van der Waals surface area contributed by atoms with E-state index in [0.29, 0.717) is 18.8 Å². The SMILES string of the molecule is N#Cc1cc2c(nc1Cl)COC2. The summed E-state index contributed by atoms with van der Waals surface area (Å²) < 4.78 is 5.14. The molecule has 3 nitrogen and oxygen atoms in total. The molecule has 2 rings (SSSR count). The number of hydrogen-bond donors (Lipinski definition) is 0. The number of fused-ring (bicyclic) bond motifs is 1. The van der Waals surface area contributed by atoms with Crippen LogP contribution in [-0.2, 0) is 18.0 Å². The van der Waals surface area contributed by atoms with Crippen LogP contribution in [0.2, 0.25) is 5.15 Å². The maximum Gasteiger partial charge on any atom is 0.147 e. The molecule has 1 aromatic rings. The van der Waals surface area contributed by atoms with Gasteiger partial charge in [0.2, 0.25) is 0 Å². The maximum atomic E-state index is 8.63. The summed E-state index contributed by atoms with van der Waals surface area (Å²) in [6.07, 6.45) is 0. The van der Waals surface area contributed by atoms with Gasteiger partial charge in [-0.05, 0) is 6.07 Å². The van der Waals surface area contributed by atoms with Crippen LogP contribution >= 0.6 is 11.6 Å². The van der Waals surface area contributed by atoms with Gasteiger partial charge in [-0.3, -0.25) is 0 Å². The van der Waals surface area contributed by atoms with Gasteiger partial charge in [-0.25, -0.2) is 4.98 Å². The van der Waals surface area contributed by atoms with Crippen LogP contribution in [0.3, 0.4) is 0 Å². The van der Waals surface area contributed by atoms with Crippen molar-refractivity contribution in [3.05, 3.63) is 28.0 Å². The number of hydrogen-bond acceptors (Lipinski definition) is 3. The van der Waals surface area contributed by atoms with Gasteiger partial charge in [0.05, 0.1) is 24.5 Å². The molecule has 0 spiro atoms. The van der Waals surface area contributed by atoms with Crippen LogP contribution in [0, 0.1) is 11.3 Å². The highest BCUT2D eigenvalue weighted by Crippen LogP contribution is 2.22. The molecule has 0 radical (unpaired) electrons. The van der Waals surface area contributed by atoms with Crippen molar-refractivity contribution >= 4 is 11.6 Å². The lowest BCUT2D eigenvalue weighted by Crippen LogP contribution is -1.91. The van der Waals surface area contributed by atoms with Crippen LogP contribution in [0.25, 0.3) is 0 Å². The molecule has 0 amide bonds. The molecule has 1 aliphatic heterocycles. The predicted octanol–water partition coefficient (Wildman–Crippen LogP) is 1.64. The van der Waals surface area contributed by atoms with Gasteiger partial charge in [-0.15, -0.1) is 0 Å². The monoisotopic (exact) mass is 180 g/mol. The highest BCUT2D eigenvalue weighted by Gasteiger charge is 2.15. The average molecular weight is 181 g/mol. The van der Waals surface area contributed by atoms with Gasteiger partial charge >= 0.3 is 0 Å². The smallest absolute Gasteiger partial charge is 0.147 e. The Morgan fingerprint density at radius 2 is 2.42 bits per heavy atom. The lowest BCUT2D eigenvalue weighted by molar-refractivity contribution is 0.133. The van der Waals surface area contributed by atoms with Crippen molar-refractivity contribution in [3.63, 3.8) is 0 Å². The Morgan fingerprint density at radius 1 is 1.58 bits per heavy atom. The van der Waals surface area contributed by atoms with E-state index in [0.717, 1.165) is 11.3 Å². The topological polar surface area (TPSA) is 45.9 Å². The second kappa shape index (κ2) is 2.74. The fourth-order valence-electron chi connectivity index (χ4n) is 1.15. The molecule has 0 N–H and O–H groups in total. The molecule has 0 aliphatic carbocycles. The van der Waals surface area contributed by atoms with Crippen LogP contribution in [0.5, 0.6) is 0 Å². The molecule has 0 saturated heterocycles. The minimum atomic E-state index is 0.266. The Balaban J connectivity index is 2.59. The Kier molecular flexibility index (Phi) is 1.72. The number of ether oxygens (including phenoxy) is 1. The van der Waals surface area contributed by atoms with Gasteiger partial charge in [0.25, 0.3) is 0 Å². The molecule has 0 saturated carbocycles. The van der Waals surface area contributed by atoms with Gasteiger partial charge in [0, 0.05) is 5.56 Å². The van der Waals surface area contributed by atoms with E-state index in [2.05, 4.69) is 4.98 Å². The lowest BCUT2D eigenvalue weighted by atomic mass is 10.2. The minimum Gasteiger partial charge on any atom is -0.370 e. The quantitative estimate of drug-likeness (QED) is 0.571. The molecule has 0 unspecified atom stereocenters. The Bertz CT molecular complexity index is 369. The highest BCUT2D eigenvalue weighted by atomic mass is 35.5. The summed E-state index contributed by atoms with van der Waals surface area (Å²) in [5.74, 6) is 0. The minimum absolute atomic E-state index is 0.266. The van der Waals surface area contributed by atoms with Crippen molar-refractivity contribution in [1.29, 1.82) is 5.26 Å².